The third-order valence-electron chi connectivity index (χ3n) is 8.32. The SMILES string of the molecule is COc1ccc(N2CCN(C(=O)[C@H]3c4ccccc4C(=O)N4CCc5cc(OC)c(OC)cc5[C@H]34)CC2)cc1. The quantitative estimate of drug-likeness (QED) is 0.501. The Hall–Kier alpha value is -4.20. The van der Waals surface area contributed by atoms with Crippen molar-refractivity contribution in [2.24, 2.45) is 0 Å². The molecule has 8 nitrogen and oxygen atoms in total. The van der Waals surface area contributed by atoms with Gasteiger partial charge in [0, 0.05) is 44.0 Å². The number of piperazine rings is 1. The molecular weight excluding hydrogens is 494 g/mol. The van der Waals surface area contributed by atoms with Crippen LogP contribution in [0.15, 0.2) is 60.7 Å². The Kier molecular flexibility index (Phi) is 6.54. The Morgan fingerprint density at radius 3 is 2.18 bits per heavy atom. The van der Waals surface area contributed by atoms with Crippen molar-refractivity contribution in [3.05, 3.63) is 82.9 Å². The number of carbonyl (C=O) groups is 2. The Balaban J connectivity index is 1.34. The number of anilines is 1. The highest BCUT2D eigenvalue weighted by Crippen LogP contribution is 2.49. The Bertz CT molecular complexity index is 1400. The van der Waals surface area contributed by atoms with Crippen molar-refractivity contribution in [3.63, 3.8) is 0 Å². The normalized spacial score (nSPS) is 20.1. The molecule has 1 saturated heterocycles. The number of nitrogens with zero attached hydrogens (tertiary/aromatic N) is 3. The molecule has 6 rings (SSSR count). The summed E-state index contributed by atoms with van der Waals surface area (Å²) in [6, 6.07) is 19.1. The molecule has 0 spiro atoms. The standard InChI is InChI=1S/C31H33N3O5/c1-37-22-10-8-21(9-11-22)32-14-16-33(17-15-32)31(36)28-23-6-4-5-7-24(23)30(35)34-13-12-20-18-26(38-2)27(39-3)19-25(20)29(28)34/h4-11,18-19,28-29H,12-17H2,1-3H3/t28-,29+/m0/s1. The lowest BCUT2D eigenvalue weighted by Crippen LogP contribution is -2.54. The molecule has 0 N–H and O–H groups in total. The molecule has 0 aliphatic carbocycles. The summed E-state index contributed by atoms with van der Waals surface area (Å²) in [5.74, 6) is 1.62. The molecular formula is C31H33N3O5. The lowest BCUT2D eigenvalue weighted by atomic mass is 9.75. The molecule has 0 saturated carbocycles. The van der Waals surface area contributed by atoms with Crippen LogP contribution < -0.4 is 19.1 Å². The molecule has 3 heterocycles. The molecule has 2 atom stereocenters. The van der Waals surface area contributed by atoms with Crippen molar-refractivity contribution in [1.82, 2.24) is 9.80 Å². The molecule has 0 unspecified atom stereocenters. The summed E-state index contributed by atoms with van der Waals surface area (Å²) in [7, 11) is 4.89. The van der Waals surface area contributed by atoms with Crippen molar-refractivity contribution < 1.29 is 23.8 Å². The fourth-order valence-corrected chi connectivity index (χ4v) is 6.29. The van der Waals surface area contributed by atoms with Crippen LogP contribution >= 0.6 is 0 Å². The minimum Gasteiger partial charge on any atom is -0.497 e. The largest absolute Gasteiger partial charge is 0.497 e. The van der Waals surface area contributed by atoms with Crippen LogP contribution in [0.2, 0.25) is 0 Å². The van der Waals surface area contributed by atoms with Gasteiger partial charge in [0.2, 0.25) is 5.91 Å². The predicted octanol–water partition coefficient (Wildman–Crippen LogP) is 3.90. The number of hydrogen-bond acceptors (Lipinski definition) is 6. The van der Waals surface area contributed by atoms with E-state index in [2.05, 4.69) is 17.0 Å². The average molecular weight is 528 g/mol. The topological polar surface area (TPSA) is 71.6 Å². The van der Waals surface area contributed by atoms with Crippen LogP contribution in [0.25, 0.3) is 0 Å². The average Bonchev–Trinajstić information content (AvgIpc) is 3.00. The van der Waals surface area contributed by atoms with Crippen molar-refractivity contribution in [1.29, 1.82) is 0 Å². The lowest BCUT2D eigenvalue weighted by Gasteiger charge is -2.47. The van der Waals surface area contributed by atoms with Gasteiger partial charge in [-0.2, -0.15) is 0 Å². The van der Waals surface area contributed by atoms with Gasteiger partial charge in [0.05, 0.1) is 33.3 Å². The van der Waals surface area contributed by atoms with Crippen LogP contribution in [0.4, 0.5) is 5.69 Å². The highest BCUT2D eigenvalue weighted by atomic mass is 16.5. The molecule has 3 aliphatic heterocycles. The van der Waals surface area contributed by atoms with Gasteiger partial charge in [-0.1, -0.05) is 18.2 Å². The monoisotopic (exact) mass is 527 g/mol. The first-order valence-corrected chi connectivity index (χ1v) is 13.4. The van der Waals surface area contributed by atoms with Gasteiger partial charge in [-0.25, -0.2) is 0 Å². The van der Waals surface area contributed by atoms with Gasteiger partial charge in [0.1, 0.15) is 5.75 Å². The van der Waals surface area contributed by atoms with E-state index in [1.54, 1.807) is 21.3 Å². The molecule has 8 heteroatoms. The van der Waals surface area contributed by atoms with Crippen LogP contribution in [0.5, 0.6) is 17.2 Å². The molecule has 1 fully saturated rings. The highest BCUT2D eigenvalue weighted by molar-refractivity contribution is 6.01. The summed E-state index contributed by atoms with van der Waals surface area (Å²) in [6.07, 6.45) is 0.696. The number of benzene rings is 3. The molecule has 3 aromatic rings. The third-order valence-corrected chi connectivity index (χ3v) is 8.32. The molecule has 0 bridgehead atoms. The van der Waals surface area contributed by atoms with Gasteiger partial charge in [0.25, 0.3) is 5.91 Å². The van der Waals surface area contributed by atoms with Crippen molar-refractivity contribution in [3.8, 4) is 17.2 Å². The van der Waals surface area contributed by atoms with Crippen LogP contribution in [-0.2, 0) is 11.2 Å². The number of ether oxygens (including phenoxy) is 3. The fourth-order valence-electron chi connectivity index (χ4n) is 6.29. The number of hydrogen-bond donors (Lipinski definition) is 0. The van der Waals surface area contributed by atoms with Crippen LogP contribution in [0.3, 0.4) is 0 Å². The van der Waals surface area contributed by atoms with Crippen molar-refractivity contribution >= 4 is 17.5 Å². The molecule has 3 aliphatic rings. The van der Waals surface area contributed by atoms with E-state index >= 15 is 0 Å². The van der Waals surface area contributed by atoms with Gasteiger partial charge >= 0.3 is 0 Å². The maximum atomic E-state index is 14.4. The summed E-state index contributed by atoms with van der Waals surface area (Å²) in [6.45, 7) is 3.25. The molecule has 3 aromatic carbocycles. The van der Waals surface area contributed by atoms with E-state index in [-0.39, 0.29) is 11.8 Å². The minimum atomic E-state index is -0.497. The van der Waals surface area contributed by atoms with Crippen LogP contribution in [0, 0.1) is 0 Å². The van der Waals surface area contributed by atoms with E-state index in [1.165, 1.54) is 0 Å². The second-order valence-electron chi connectivity index (χ2n) is 10.2. The zero-order valence-electron chi connectivity index (χ0n) is 22.6. The number of rotatable bonds is 5. The van der Waals surface area contributed by atoms with Gasteiger partial charge < -0.3 is 28.9 Å². The van der Waals surface area contributed by atoms with E-state index < -0.39 is 12.0 Å². The number of carbonyl (C=O) groups excluding carboxylic acids is 2. The molecule has 0 aromatic heterocycles. The van der Waals surface area contributed by atoms with Gasteiger partial charge in [-0.3, -0.25) is 9.59 Å². The zero-order chi connectivity index (χ0) is 27.1. The second kappa shape index (κ2) is 10.2. The number of amides is 2. The van der Waals surface area contributed by atoms with E-state index in [0.717, 1.165) is 41.2 Å². The first kappa shape index (κ1) is 25.1. The smallest absolute Gasteiger partial charge is 0.254 e. The highest BCUT2D eigenvalue weighted by Gasteiger charge is 2.48. The Morgan fingerprint density at radius 2 is 1.49 bits per heavy atom. The third kappa shape index (κ3) is 4.24. The molecule has 0 radical (unpaired) electrons. The second-order valence-corrected chi connectivity index (χ2v) is 10.2. The molecule has 202 valence electrons. The fraction of sp³-hybridized carbons (Fsp3) is 0.355. The summed E-state index contributed by atoms with van der Waals surface area (Å²) in [5.41, 5.74) is 4.58. The predicted molar refractivity (Wildman–Crippen MR) is 148 cm³/mol. The zero-order valence-corrected chi connectivity index (χ0v) is 22.6. The van der Waals surface area contributed by atoms with Gasteiger partial charge in [-0.05, 0) is 65.6 Å². The summed E-state index contributed by atoms with van der Waals surface area (Å²) < 4.78 is 16.5. The lowest BCUT2D eigenvalue weighted by molar-refractivity contribution is -0.135. The van der Waals surface area contributed by atoms with Crippen molar-refractivity contribution in [2.75, 3.05) is 59.0 Å². The maximum Gasteiger partial charge on any atom is 0.254 e. The van der Waals surface area contributed by atoms with E-state index in [4.69, 9.17) is 14.2 Å². The van der Waals surface area contributed by atoms with Gasteiger partial charge in [0.15, 0.2) is 11.5 Å². The van der Waals surface area contributed by atoms with E-state index in [9.17, 15) is 9.59 Å². The summed E-state index contributed by atoms with van der Waals surface area (Å²) in [5, 5.41) is 0. The van der Waals surface area contributed by atoms with Crippen LogP contribution in [0.1, 0.15) is 39.0 Å². The summed E-state index contributed by atoms with van der Waals surface area (Å²) in [4.78, 5) is 34.2. The first-order chi connectivity index (χ1) is 19.0. The van der Waals surface area contributed by atoms with Crippen LogP contribution in [-0.4, -0.2) is 75.7 Å². The van der Waals surface area contributed by atoms with Crippen molar-refractivity contribution in [2.45, 2.75) is 18.4 Å². The Morgan fingerprint density at radius 1 is 0.795 bits per heavy atom. The maximum absolute atomic E-state index is 14.4. The van der Waals surface area contributed by atoms with E-state index in [1.807, 2.05) is 58.3 Å². The number of fused-ring (bicyclic) bond motifs is 4. The molecule has 2 amide bonds. The number of methoxy groups -OCH3 is 3. The minimum absolute atomic E-state index is 0.0237. The molecule has 39 heavy (non-hydrogen) atoms. The Labute approximate surface area is 228 Å². The van der Waals surface area contributed by atoms with Gasteiger partial charge in [-0.15, -0.1) is 0 Å². The first-order valence-electron chi connectivity index (χ1n) is 13.4. The summed E-state index contributed by atoms with van der Waals surface area (Å²) >= 11 is 0. The van der Waals surface area contributed by atoms with E-state index in [0.29, 0.717) is 43.1 Å².